The third kappa shape index (κ3) is 3.72. The highest BCUT2D eigenvalue weighted by Gasteiger charge is 2.18. The fourth-order valence-electron chi connectivity index (χ4n) is 2.27. The molecule has 21 heavy (non-hydrogen) atoms. The van der Waals surface area contributed by atoms with Gasteiger partial charge >= 0.3 is 0 Å². The Labute approximate surface area is 126 Å². The molecule has 2 aromatic rings. The van der Waals surface area contributed by atoms with E-state index in [9.17, 15) is 4.79 Å². The fraction of sp³-hybridized carbons (Fsp3) is 0.412. The maximum absolute atomic E-state index is 12.2. The van der Waals surface area contributed by atoms with Gasteiger partial charge in [0.2, 0.25) is 5.91 Å². The molecule has 2 rings (SSSR count). The van der Waals surface area contributed by atoms with E-state index in [-0.39, 0.29) is 11.8 Å². The van der Waals surface area contributed by atoms with Gasteiger partial charge in [-0.2, -0.15) is 0 Å². The number of rotatable bonds is 6. The molecule has 1 aromatic carbocycles. The second-order valence-electron chi connectivity index (χ2n) is 5.49. The number of carbonyl (C=O) groups excluding carboxylic acids is 1. The molecule has 0 fully saturated rings. The lowest BCUT2D eigenvalue weighted by Gasteiger charge is -2.18. The van der Waals surface area contributed by atoms with E-state index in [1.54, 1.807) is 12.5 Å². The zero-order valence-electron chi connectivity index (χ0n) is 12.9. The number of carbonyl (C=O) groups is 1. The molecule has 1 amide bonds. The number of hydrogen-bond acceptors (Lipinski definition) is 2. The van der Waals surface area contributed by atoms with Crippen molar-refractivity contribution in [1.29, 1.82) is 0 Å². The average Bonchev–Trinajstić information content (AvgIpc) is 3.05. The van der Waals surface area contributed by atoms with Crippen molar-refractivity contribution in [1.82, 2.24) is 14.9 Å². The van der Waals surface area contributed by atoms with Crippen molar-refractivity contribution in [2.45, 2.75) is 33.7 Å². The lowest BCUT2D eigenvalue weighted by Crippen LogP contribution is -2.32. The fourth-order valence-corrected chi connectivity index (χ4v) is 2.27. The molecule has 1 heterocycles. The summed E-state index contributed by atoms with van der Waals surface area (Å²) in [6.45, 7) is 6.76. The third-order valence-corrected chi connectivity index (χ3v) is 4.14. The number of nitrogens with one attached hydrogen (secondary N) is 1. The summed E-state index contributed by atoms with van der Waals surface area (Å²) in [5, 5.41) is 3.04. The minimum Gasteiger partial charge on any atom is -0.352 e. The van der Waals surface area contributed by atoms with Crippen LogP contribution in [0.3, 0.4) is 0 Å². The van der Waals surface area contributed by atoms with Gasteiger partial charge in [-0.15, -0.1) is 0 Å². The quantitative estimate of drug-likeness (QED) is 0.886. The first kappa shape index (κ1) is 15.3. The van der Waals surface area contributed by atoms with Crippen LogP contribution in [0, 0.1) is 11.8 Å². The number of aromatic nitrogens is 2. The molecule has 2 atom stereocenters. The molecule has 0 saturated heterocycles. The molecule has 0 spiro atoms. The first-order chi connectivity index (χ1) is 10.1. The predicted octanol–water partition coefficient (Wildman–Crippen LogP) is 3.17. The summed E-state index contributed by atoms with van der Waals surface area (Å²) >= 11 is 0. The molecule has 0 saturated carbocycles. The van der Waals surface area contributed by atoms with Crippen LogP contribution in [0.5, 0.6) is 0 Å². The van der Waals surface area contributed by atoms with Crippen LogP contribution in [0.25, 0.3) is 5.69 Å². The minimum absolute atomic E-state index is 0.0374. The van der Waals surface area contributed by atoms with Gasteiger partial charge < -0.3 is 9.88 Å². The number of para-hydroxylation sites is 1. The maximum Gasteiger partial charge on any atom is 0.223 e. The largest absolute Gasteiger partial charge is 0.352 e. The summed E-state index contributed by atoms with van der Waals surface area (Å²) in [6.07, 6.45) is 6.44. The van der Waals surface area contributed by atoms with Crippen molar-refractivity contribution in [3.63, 3.8) is 0 Å². The van der Waals surface area contributed by atoms with Crippen molar-refractivity contribution in [3.8, 4) is 5.69 Å². The zero-order chi connectivity index (χ0) is 15.2. The Morgan fingerprint density at radius 1 is 1.33 bits per heavy atom. The van der Waals surface area contributed by atoms with Crippen molar-refractivity contribution in [2.24, 2.45) is 11.8 Å². The summed E-state index contributed by atoms with van der Waals surface area (Å²) in [6, 6.07) is 8.03. The van der Waals surface area contributed by atoms with Crippen molar-refractivity contribution >= 4 is 5.91 Å². The summed E-state index contributed by atoms with van der Waals surface area (Å²) in [4.78, 5) is 16.3. The van der Waals surface area contributed by atoms with E-state index in [0.29, 0.717) is 12.5 Å². The van der Waals surface area contributed by atoms with Gasteiger partial charge in [-0.05, 0) is 17.5 Å². The number of hydrogen-bond donors (Lipinski definition) is 1. The Hall–Kier alpha value is -2.10. The van der Waals surface area contributed by atoms with Crippen LogP contribution in [-0.2, 0) is 11.3 Å². The van der Waals surface area contributed by atoms with E-state index < -0.39 is 0 Å². The van der Waals surface area contributed by atoms with Crippen LogP contribution in [0.15, 0.2) is 43.0 Å². The van der Waals surface area contributed by atoms with Crippen LogP contribution < -0.4 is 5.32 Å². The Morgan fingerprint density at radius 2 is 2.10 bits per heavy atom. The van der Waals surface area contributed by atoms with Gasteiger partial charge in [0.25, 0.3) is 0 Å². The van der Waals surface area contributed by atoms with Crippen molar-refractivity contribution in [2.75, 3.05) is 0 Å². The van der Waals surface area contributed by atoms with E-state index in [2.05, 4.69) is 24.1 Å². The molecule has 1 aromatic heterocycles. The monoisotopic (exact) mass is 285 g/mol. The van der Waals surface area contributed by atoms with Crippen LogP contribution in [-0.4, -0.2) is 15.5 Å². The molecule has 4 nitrogen and oxygen atoms in total. The van der Waals surface area contributed by atoms with Gasteiger partial charge in [0.05, 0.1) is 12.0 Å². The van der Waals surface area contributed by atoms with Crippen molar-refractivity contribution < 1.29 is 4.79 Å². The summed E-state index contributed by atoms with van der Waals surface area (Å²) in [7, 11) is 0. The molecule has 4 heteroatoms. The van der Waals surface area contributed by atoms with Gasteiger partial charge in [0.15, 0.2) is 0 Å². The number of nitrogens with zero attached hydrogens (tertiary/aromatic N) is 2. The summed E-state index contributed by atoms with van der Waals surface area (Å²) < 4.78 is 1.96. The minimum atomic E-state index is 0.0374. The Morgan fingerprint density at radius 3 is 2.76 bits per heavy atom. The number of imidazole rings is 1. The predicted molar refractivity (Wildman–Crippen MR) is 84.0 cm³/mol. The molecule has 0 aliphatic carbocycles. The Bertz CT molecular complexity index is 577. The number of amides is 1. The highest BCUT2D eigenvalue weighted by Crippen LogP contribution is 2.16. The highest BCUT2D eigenvalue weighted by molar-refractivity contribution is 5.78. The molecular weight excluding hydrogens is 262 g/mol. The lowest BCUT2D eigenvalue weighted by atomic mass is 9.93. The van der Waals surface area contributed by atoms with E-state index >= 15 is 0 Å². The highest BCUT2D eigenvalue weighted by atomic mass is 16.1. The first-order valence-electron chi connectivity index (χ1n) is 7.47. The van der Waals surface area contributed by atoms with Gasteiger partial charge in [0, 0.05) is 24.9 Å². The average molecular weight is 285 g/mol. The molecule has 0 aliphatic rings. The molecule has 0 radical (unpaired) electrons. The SMILES string of the molecule is CCC(C)C(C)C(=O)NCc1ccccc1-n1ccnc1. The zero-order valence-corrected chi connectivity index (χ0v) is 12.9. The van der Waals surface area contributed by atoms with Gasteiger partial charge in [-0.1, -0.05) is 45.4 Å². The Balaban J connectivity index is 2.06. The molecule has 0 aliphatic heterocycles. The van der Waals surface area contributed by atoms with E-state index in [1.165, 1.54) is 0 Å². The van der Waals surface area contributed by atoms with E-state index in [0.717, 1.165) is 17.7 Å². The van der Waals surface area contributed by atoms with Gasteiger partial charge in [-0.25, -0.2) is 4.98 Å². The van der Waals surface area contributed by atoms with E-state index in [1.807, 2.05) is 42.0 Å². The Kier molecular flexibility index (Phi) is 5.14. The van der Waals surface area contributed by atoms with Gasteiger partial charge in [0.1, 0.15) is 0 Å². The van der Waals surface area contributed by atoms with Crippen LogP contribution >= 0.6 is 0 Å². The second-order valence-corrected chi connectivity index (χ2v) is 5.49. The lowest BCUT2D eigenvalue weighted by molar-refractivity contribution is -0.126. The second kappa shape index (κ2) is 7.07. The van der Waals surface area contributed by atoms with Crippen LogP contribution in [0.4, 0.5) is 0 Å². The topological polar surface area (TPSA) is 46.9 Å². The smallest absolute Gasteiger partial charge is 0.223 e. The van der Waals surface area contributed by atoms with Crippen LogP contribution in [0.2, 0.25) is 0 Å². The molecular formula is C17H23N3O. The number of benzene rings is 1. The first-order valence-corrected chi connectivity index (χ1v) is 7.47. The molecule has 1 N–H and O–H groups in total. The molecule has 2 unspecified atom stereocenters. The molecule has 112 valence electrons. The summed E-state index contributed by atoms with van der Waals surface area (Å²) in [5.74, 6) is 0.550. The van der Waals surface area contributed by atoms with Gasteiger partial charge in [-0.3, -0.25) is 4.79 Å². The van der Waals surface area contributed by atoms with Crippen molar-refractivity contribution in [3.05, 3.63) is 48.5 Å². The summed E-state index contributed by atoms with van der Waals surface area (Å²) in [5.41, 5.74) is 2.13. The third-order valence-electron chi connectivity index (χ3n) is 4.14. The standard InChI is InChI=1S/C17H23N3O/c1-4-13(2)14(3)17(21)19-11-15-7-5-6-8-16(15)20-10-9-18-12-20/h5-10,12-14H,4,11H2,1-3H3,(H,19,21). The normalized spacial score (nSPS) is 13.7. The van der Waals surface area contributed by atoms with E-state index in [4.69, 9.17) is 0 Å². The van der Waals surface area contributed by atoms with Crippen LogP contribution in [0.1, 0.15) is 32.8 Å². The maximum atomic E-state index is 12.2. The molecule has 0 bridgehead atoms.